The maximum atomic E-state index is 12.4. The molecule has 0 bridgehead atoms. The van der Waals surface area contributed by atoms with Crippen molar-refractivity contribution in [3.8, 4) is 5.75 Å². The Labute approximate surface area is 135 Å². The zero-order valence-electron chi connectivity index (χ0n) is 13.4. The van der Waals surface area contributed by atoms with E-state index in [1.807, 2.05) is 13.0 Å². The number of aryl methyl sites for hydroxylation is 2. The molecule has 2 aromatic rings. The molecule has 1 N–H and O–H groups in total. The highest BCUT2D eigenvalue weighted by Crippen LogP contribution is 2.22. The van der Waals surface area contributed by atoms with Gasteiger partial charge in [-0.2, -0.15) is 0 Å². The van der Waals surface area contributed by atoms with Crippen LogP contribution in [0.3, 0.4) is 0 Å². The third-order valence-corrected chi connectivity index (χ3v) is 4.37. The monoisotopic (exact) mass is 334 g/mol. The van der Waals surface area contributed by atoms with Crippen molar-refractivity contribution in [1.82, 2.24) is 4.98 Å². The standard InChI is InChI=1S/C16H18N2O4S/c1-10-5-6-14(22-3)13(7-10)15(19)18-12-8-11(2)16(17-9-12)23(4,20)21/h5-9H,1-4H3,(H,18,19). The summed E-state index contributed by atoms with van der Waals surface area (Å²) in [7, 11) is -1.90. The van der Waals surface area contributed by atoms with Crippen molar-refractivity contribution in [3.05, 3.63) is 47.2 Å². The lowest BCUT2D eigenvalue weighted by atomic mass is 10.1. The molecular weight excluding hydrogens is 316 g/mol. The average Bonchev–Trinajstić information content (AvgIpc) is 2.45. The van der Waals surface area contributed by atoms with Crippen LogP contribution < -0.4 is 10.1 Å². The predicted octanol–water partition coefficient (Wildman–Crippen LogP) is 2.36. The first-order valence-electron chi connectivity index (χ1n) is 6.85. The van der Waals surface area contributed by atoms with E-state index in [-0.39, 0.29) is 10.9 Å². The zero-order chi connectivity index (χ0) is 17.2. The molecule has 122 valence electrons. The van der Waals surface area contributed by atoms with Crippen LogP contribution in [0, 0.1) is 13.8 Å². The van der Waals surface area contributed by atoms with Gasteiger partial charge >= 0.3 is 0 Å². The van der Waals surface area contributed by atoms with Crippen molar-refractivity contribution >= 4 is 21.4 Å². The van der Waals surface area contributed by atoms with E-state index in [1.54, 1.807) is 25.1 Å². The summed E-state index contributed by atoms with van der Waals surface area (Å²) in [5.74, 6) is 0.115. The first-order chi connectivity index (χ1) is 10.7. The summed E-state index contributed by atoms with van der Waals surface area (Å²) in [5, 5.41) is 2.71. The molecular formula is C16H18N2O4S. The molecule has 2 rings (SSSR count). The number of rotatable bonds is 4. The van der Waals surface area contributed by atoms with Crippen LogP contribution >= 0.6 is 0 Å². The van der Waals surface area contributed by atoms with E-state index in [1.165, 1.54) is 13.3 Å². The lowest BCUT2D eigenvalue weighted by molar-refractivity contribution is 0.102. The molecule has 7 heteroatoms. The maximum Gasteiger partial charge on any atom is 0.259 e. The van der Waals surface area contributed by atoms with Crippen molar-refractivity contribution in [2.45, 2.75) is 18.9 Å². The highest BCUT2D eigenvalue weighted by atomic mass is 32.2. The van der Waals surface area contributed by atoms with Crippen LogP contribution in [0.2, 0.25) is 0 Å². The SMILES string of the molecule is COc1ccc(C)cc1C(=O)Nc1cnc(S(C)(=O)=O)c(C)c1. The number of nitrogens with one attached hydrogen (secondary N) is 1. The van der Waals surface area contributed by atoms with Crippen LogP contribution in [0.25, 0.3) is 0 Å². The second kappa shape index (κ2) is 6.37. The number of hydrogen-bond acceptors (Lipinski definition) is 5. The minimum Gasteiger partial charge on any atom is -0.496 e. The summed E-state index contributed by atoms with van der Waals surface area (Å²) < 4.78 is 28.3. The first-order valence-corrected chi connectivity index (χ1v) is 8.74. The van der Waals surface area contributed by atoms with Gasteiger partial charge in [-0.05, 0) is 37.6 Å². The van der Waals surface area contributed by atoms with Gasteiger partial charge in [-0.15, -0.1) is 0 Å². The molecule has 0 saturated heterocycles. The number of hydrogen-bond donors (Lipinski definition) is 1. The summed E-state index contributed by atoms with van der Waals surface area (Å²) in [4.78, 5) is 16.3. The molecule has 0 aliphatic heterocycles. The Morgan fingerprint density at radius 2 is 1.91 bits per heavy atom. The Morgan fingerprint density at radius 3 is 2.48 bits per heavy atom. The van der Waals surface area contributed by atoms with E-state index in [0.717, 1.165) is 11.8 Å². The number of carbonyl (C=O) groups excluding carboxylic acids is 1. The van der Waals surface area contributed by atoms with Gasteiger partial charge in [-0.1, -0.05) is 11.6 Å². The van der Waals surface area contributed by atoms with Crippen molar-refractivity contribution in [2.24, 2.45) is 0 Å². The number of carbonyl (C=O) groups is 1. The van der Waals surface area contributed by atoms with Gasteiger partial charge < -0.3 is 10.1 Å². The first kappa shape index (κ1) is 17.0. The predicted molar refractivity (Wildman–Crippen MR) is 87.8 cm³/mol. The fourth-order valence-electron chi connectivity index (χ4n) is 2.22. The molecule has 1 heterocycles. The van der Waals surface area contributed by atoms with Gasteiger partial charge in [0.2, 0.25) is 0 Å². The van der Waals surface area contributed by atoms with Gasteiger partial charge in [0, 0.05) is 6.26 Å². The molecule has 0 fully saturated rings. The summed E-state index contributed by atoms with van der Waals surface area (Å²) in [6.45, 7) is 3.51. The van der Waals surface area contributed by atoms with Crippen molar-refractivity contribution in [2.75, 3.05) is 18.7 Å². The highest BCUT2D eigenvalue weighted by molar-refractivity contribution is 7.90. The Morgan fingerprint density at radius 1 is 1.22 bits per heavy atom. The third kappa shape index (κ3) is 3.87. The van der Waals surface area contributed by atoms with Gasteiger partial charge in [0.05, 0.1) is 24.6 Å². The number of methoxy groups -OCH3 is 1. The van der Waals surface area contributed by atoms with Gasteiger partial charge in [0.25, 0.3) is 5.91 Å². The molecule has 1 amide bonds. The third-order valence-electron chi connectivity index (χ3n) is 3.24. The number of ether oxygens (including phenoxy) is 1. The van der Waals surface area contributed by atoms with E-state index in [0.29, 0.717) is 22.6 Å². The molecule has 23 heavy (non-hydrogen) atoms. The van der Waals surface area contributed by atoms with Gasteiger partial charge in [-0.3, -0.25) is 4.79 Å². The molecule has 0 spiro atoms. The second-order valence-electron chi connectivity index (χ2n) is 5.28. The van der Waals surface area contributed by atoms with Crippen LogP contribution in [0.1, 0.15) is 21.5 Å². The number of benzene rings is 1. The van der Waals surface area contributed by atoms with Crippen LogP contribution in [0.4, 0.5) is 5.69 Å². The molecule has 0 aliphatic rings. The van der Waals surface area contributed by atoms with E-state index in [4.69, 9.17) is 4.74 Å². The number of amides is 1. The Bertz CT molecular complexity index is 860. The summed E-state index contributed by atoms with van der Waals surface area (Å²) in [6.07, 6.45) is 2.42. The van der Waals surface area contributed by atoms with Crippen molar-refractivity contribution in [3.63, 3.8) is 0 Å². The molecule has 0 atom stereocenters. The van der Waals surface area contributed by atoms with E-state index < -0.39 is 9.84 Å². The van der Waals surface area contributed by atoms with Gasteiger partial charge in [0.15, 0.2) is 14.9 Å². The lowest BCUT2D eigenvalue weighted by Crippen LogP contribution is -2.14. The normalized spacial score (nSPS) is 11.1. The van der Waals surface area contributed by atoms with Gasteiger partial charge in [-0.25, -0.2) is 13.4 Å². The summed E-state index contributed by atoms with van der Waals surface area (Å²) >= 11 is 0. The molecule has 0 aliphatic carbocycles. The molecule has 6 nitrogen and oxygen atoms in total. The van der Waals surface area contributed by atoms with Crippen LogP contribution in [-0.4, -0.2) is 32.7 Å². The highest BCUT2D eigenvalue weighted by Gasteiger charge is 2.16. The number of pyridine rings is 1. The van der Waals surface area contributed by atoms with Crippen LogP contribution in [-0.2, 0) is 9.84 Å². The largest absolute Gasteiger partial charge is 0.496 e. The zero-order valence-corrected chi connectivity index (χ0v) is 14.2. The number of aromatic nitrogens is 1. The van der Waals surface area contributed by atoms with E-state index in [2.05, 4.69) is 10.3 Å². The Kier molecular flexibility index (Phi) is 4.70. The molecule has 1 aromatic carbocycles. The van der Waals surface area contributed by atoms with E-state index >= 15 is 0 Å². The minimum atomic E-state index is -3.39. The summed E-state index contributed by atoms with van der Waals surface area (Å²) in [6, 6.07) is 6.87. The quantitative estimate of drug-likeness (QED) is 0.928. The average molecular weight is 334 g/mol. The fourth-order valence-corrected chi connectivity index (χ4v) is 3.10. The van der Waals surface area contributed by atoms with Crippen LogP contribution in [0.15, 0.2) is 35.5 Å². The smallest absolute Gasteiger partial charge is 0.259 e. The molecule has 0 saturated carbocycles. The van der Waals surface area contributed by atoms with Crippen molar-refractivity contribution in [1.29, 1.82) is 0 Å². The fraction of sp³-hybridized carbons (Fsp3) is 0.250. The minimum absolute atomic E-state index is 0.00337. The maximum absolute atomic E-state index is 12.4. The lowest BCUT2D eigenvalue weighted by Gasteiger charge is -2.11. The molecule has 0 unspecified atom stereocenters. The number of anilines is 1. The topological polar surface area (TPSA) is 85.4 Å². The van der Waals surface area contributed by atoms with Crippen molar-refractivity contribution < 1.29 is 17.9 Å². The van der Waals surface area contributed by atoms with E-state index in [9.17, 15) is 13.2 Å². The summed E-state index contributed by atoms with van der Waals surface area (Å²) in [5.41, 5.74) is 2.22. The second-order valence-corrected chi connectivity index (χ2v) is 7.21. The molecule has 0 radical (unpaired) electrons. The number of nitrogens with zero attached hydrogens (tertiary/aromatic N) is 1. The molecule has 1 aromatic heterocycles. The Balaban J connectivity index is 2.31. The Hall–Kier alpha value is -2.41. The number of sulfone groups is 1. The van der Waals surface area contributed by atoms with Crippen LogP contribution in [0.5, 0.6) is 5.75 Å². The van der Waals surface area contributed by atoms with Gasteiger partial charge in [0.1, 0.15) is 5.75 Å².